The molecule has 1 saturated heterocycles. The number of rotatable bonds is 4. The van der Waals surface area contributed by atoms with Gasteiger partial charge >= 0.3 is 5.97 Å². The van der Waals surface area contributed by atoms with E-state index in [9.17, 15) is 9.59 Å². The topological polar surface area (TPSA) is 75.6 Å². The van der Waals surface area contributed by atoms with Crippen molar-refractivity contribution in [1.29, 1.82) is 0 Å². The molecule has 1 heterocycles. The molecule has 1 aliphatic heterocycles. The number of ether oxygens (including phenoxy) is 1. The number of nitrogens with one attached hydrogen (secondary N) is 1. The number of carbonyl (C=O) groups is 2. The molecule has 0 aromatic carbocycles. The van der Waals surface area contributed by atoms with Gasteiger partial charge in [-0.2, -0.15) is 0 Å². The molecule has 1 spiro atoms. The minimum Gasteiger partial charge on any atom is -0.481 e. The van der Waals surface area contributed by atoms with Gasteiger partial charge in [0.1, 0.15) is 0 Å². The maximum absolute atomic E-state index is 12.1. The van der Waals surface area contributed by atoms with Crippen molar-refractivity contribution in [3.63, 3.8) is 0 Å². The Bertz CT molecular complexity index is 411. The van der Waals surface area contributed by atoms with Crippen LogP contribution in [0, 0.1) is 11.8 Å². The van der Waals surface area contributed by atoms with Crippen molar-refractivity contribution in [2.24, 2.45) is 11.8 Å². The molecule has 0 aromatic heterocycles. The predicted molar refractivity (Wildman–Crippen MR) is 76.8 cm³/mol. The number of amides is 1. The first-order valence-corrected chi connectivity index (χ1v) is 8.22. The van der Waals surface area contributed by atoms with Crippen molar-refractivity contribution in [2.75, 3.05) is 6.61 Å². The molecule has 118 valence electrons. The minimum atomic E-state index is -0.725. The van der Waals surface area contributed by atoms with Gasteiger partial charge in [0, 0.05) is 19.1 Å². The van der Waals surface area contributed by atoms with E-state index in [1.54, 1.807) is 0 Å². The molecule has 3 aliphatic rings. The number of carboxylic acids is 1. The lowest BCUT2D eigenvalue weighted by Gasteiger charge is -2.50. The molecule has 0 aromatic rings. The molecule has 5 heteroatoms. The Labute approximate surface area is 125 Å². The smallest absolute Gasteiger partial charge is 0.306 e. The average molecular weight is 295 g/mol. The summed E-state index contributed by atoms with van der Waals surface area (Å²) in [4.78, 5) is 23.0. The lowest BCUT2D eigenvalue weighted by atomic mass is 9.66. The summed E-state index contributed by atoms with van der Waals surface area (Å²) >= 11 is 0. The van der Waals surface area contributed by atoms with Gasteiger partial charge in [-0.05, 0) is 44.4 Å². The fourth-order valence-electron chi connectivity index (χ4n) is 4.21. The molecular formula is C16H25NO4. The van der Waals surface area contributed by atoms with Gasteiger partial charge in [-0.25, -0.2) is 0 Å². The van der Waals surface area contributed by atoms with Crippen LogP contribution in [0.5, 0.6) is 0 Å². The number of aliphatic carboxylic acids is 1. The SMILES string of the molecule is O=C(CC1CCCC1)NC1CCOC2(C1)CC(C(=O)O)C2. The second kappa shape index (κ2) is 5.95. The third-order valence-electron chi connectivity index (χ3n) is 5.39. The van der Waals surface area contributed by atoms with Gasteiger partial charge in [0.25, 0.3) is 0 Å². The van der Waals surface area contributed by atoms with E-state index < -0.39 is 5.97 Å². The largest absolute Gasteiger partial charge is 0.481 e. The highest BCUT2D eigenvalue weighted by atomic mass is 16.5. The van der Waals surface area contributed by atoms with E-state index in [1.807, 2.05) is 0 Å². The van der Waals surface area contributed by atoms with Gasteiger partial charge in [-0.3, -0.25) is 9.59 Å². The lowest BCUT2D eigenvalue weighted by molar-refractivity contribution is -0.182. The molecule has 1 amide bonds. The van der Waals surface area contributed by atoms with Crippen molar-refractivity contribution >= 4 is 11.9 Å². The van der Waals surface area contributed by atoms with Gasteiger partial charge in [-0.1, -0.05) is 12.8 Å². The van der Waals surface area contributed by atoms with Gasteiger partial charge in [0.05, 0.1) is 11.5 Å². The summed E-state index contributed by atoms with van der Waals surface area (Å²) in [5.74, 6) is -0.258. The van der Waals surface area contributed by atoms with Crippen LogP contribution in [-0.4, -0.2) is 35.2 Å². The number of carboxylic acid groups (broad SMARTS) is 1. The maximum atomic E-state index is 12.1. The van der Waals surface area contributed by atoms with Crippen molar-refractivity contribution in [1.82, 2.24) is 5.32 Å². The van der Waals surface area contributed by atoms with Crippen molar-refractivity contribution in [3.8, 4) is 0 Å². The Hall–Kier alpha value is -1.10. The van der Waals surface area contributed by atoms with Crippen LogP contribution >= 0.6 is 0 Å². The lowest BCUT2D eigenvalue weighted by Crippen LogP contribution is -2.56. The fraction of sp³-hybridized carbons (Fsp3) is 0.875. The molecule has 0 bridgehead atoms. The molecule has 0 radical (unpaired) electrons. The normalized spacial score (nSPS) is 36.4. The standard InChI is InChI=1S/C16H25NO4/c18-14(7-11-3-1-2-4-11)17-13-5-6-21-16(10-13)8-12(9-16)15(19)20/h11-13H,1-10H2,(H,17,18)(H,19,20). The first-order valence-electron chi connectivity index (χ1n) is 8.22. The summed E-state index contributed by atoms with van der Waals surface area (Å²) in [6.45, 7) is 0.626. The van der Waals surface area contributed by atoms with Gasteiger partial charge < -0.3 is 15.2 Å². The zero-order chi connectivity index (χ0) is 14.9. The highest BCUT2D eigenvalue weighted by Crippen LogP contribution is 2.46. The number of hydrogen-bond donors (Lipinski definition) is 2. The Kier molecular flexibility index (Phi) is 4.20. The van der Waals surface area contributed by atoms with Crippen molar-refractivity contribution in [3.05, 3.63) is 0 Å². The summed E-state index contributed by atoms with van der Waals surface area (Å²) in [6.07, 6.45) is 8.35. The molecular weight excluding hydrogens is 270 g/mol. The molecule has 2 saturated carbocycles. The Balaban J connectivity index is 1.45. The quantitative estimate of drug-likeness (QED) is 0.832. The monoisotopic (exact) mass is 295 g/mol. The van der Waals surface area contributed by atoms with Crippen LogP contribution in [0.1, 0.15) is 57.8 Å². The molecule has 3 rings (SSSR count). The average Bonchev–Trinajstić information content (AvgIpc) is 2.88. The fourth-order valence-corrected chi connectivity index (χ4v) is 4.21. The van der Waals surface area contributed by atoms with Crippen LogP contribution in [0.15, 0.2) is 0 Å². The Morgan fingerprint density at radius 2 is 1.86 bits per heavy atom. The third-order valence-corrected chi connectivity index (χ3v) is 5.39. The van der Waals surface area contributed by atoms with Crippen molar-refractivity contribution < 1.29 is 19.4 Å². The van der Waals surface area contributed by atoms with E-state index in [4.69, 9.17) is 9.84 Å². The Morgan fingerprint density at radius 3 is 2.52 bits per heavy atom. The van der Waals surface area contributed by atoms with E-state index in [0.717, 1.165) is 12.8 Å². The van der Waals surface area contributed by atoms with Crippen LogP contribution in [0.4, 0.5) is 0 Å². The minimum absolute atomic E-state index is 0.155. The Morgan fingerprint density at radius 1 is 1.14 bits per heavy atom. The van der Waals surface area contributed by atoms with Crippen molar-refractivity contribution in [2.45, 2.75) is 69.4 Å². The number of carbonyl (C=O) groups excluding carboxylic acids is 1. The maximum Gasteiger partial charge on any atom is 0.306 e. The molecule has 5 nitrogen and oxygen atoms in total. The third kappa shape index (κ3) is 3.39. The summed E-state index contributed by atoms with van der Waals surface area (Å²) in [5.41, 5.74) is -0.285. The van der Waals surface area contributed by atoms with Gasteiger partial charge in [-0.15, -0.1) is 0 Å². The van der Waals surface area contributed by atoms with E-state index in [1.165, 1.54) is 25.7 Å². The molecule has 21 heavy (non-hydrogen) atoms. The van der Waals surface area contributed by atoms with Gasteiger partial charge in [0.2, 0.25) is 5.91 Å². The van der Waals surface area contributed by atoms with Crippen LogP contribution in [-0.2, 0) is 14.3 Å². The first kappa shape index (κ1) is 14.8. The zero-order valence-corrected chi connectivity index (χ0v) is 12.5. The molecule has 3 fully saturated rings. The molecule has 1 unspecified atom stereocenters. The second-order valence-corrected chi connectivity index (χ2v) is 7.09. The van der Waals surface area contributed by atoms with Crippen LogP contribution in [0.3, 0.4) is 0 Å². The first-order chi connectivity index (χ1) is 10.1. The van der Waals surface area contributed by atoms with E-state index >= 15 is 0 Å². The van der Waals surface area contributed by atoms with E-state index in [0.29, 0.717) is 31.8 Å². The summed E-state index contributed by atoms with van der Waals surface area (Å²) in [5, 5.41) is 12.1. The highest BCUT2D eigenvalue weighted by molar-refractivity contribution is 5.76. The second-order valence-electron chi connectivity index (χ2n) is 7.09. The van der Waals surface area contributed by atoms with Gasteiger partial charge in [0.15, 0.2) is 0 Å². The van der Waals surface area contributed by atoms with E-state index in [-0.39, 0.29) is 23.5 Å². The van der Waals surface area contributed by atoms with Crippen LogP contribution < -0.4 is 5.32 Å². The predicted octanol–water partition coefficient (Wildman–Crippen LogP) is 2.10. The summed E-state index contributed by atoms with van der Waals surface area (Å²) in [6, 6.07) is 0.155. The van der Waals surface area contributed by atoms with E-state index in [2.05, 4.69) is 5.32 Å². The van der Waals surface area contributed by atoms with Crippen LogP contribution in [0.2, 0.25) is 0 Å². The number of hydrogen-bond acceptors (Lipinski definition) is 3. The molecule has 2 N–H and O–H groups in total. The molecule has 1 atom stereocenters. The summed E-state index contributed by atoms with van der Waals surface area (Å²) < 4.78 is 5.81. The molecule has 2 aliphatic carbocycles. The van der Waals surface area contributed by atoms with Crippen LogP contribution in [0.25, 0.3) is 0 Å². The zero-order valence-electron chi connectivity index (χ0n) is 12.5. The highest BCUT2D eigenvalue weighted by Gasteiger charge is 2.51. The summed E-state index contributed by atoms with van der Waals surface area (Å²) in [7, 11) is 0.